The average molecular weight is 191 g/mol. The predicted octanol–water partition coefficient (Wildman–Crippen LogP) is 1.78. The minimum absolute atomic E-state index is 0.272. The molecule has 1 aromatic heterocycles. The van der Waals surface area contributed by atoms with E-state index in [0.717, 1.165) is 12.3 Å². The lowest BCUT2D eigenvalue weighted by molar-refractivity contribution is 0.261. The zero-order valence-electron chi connectivity index (χ0n) is 8.32. The fourth-order valence-electron chi connectivity index (χ4n) is 1.94. The van der Waals surface area contributed by atoms with Gasteiger partial charge < -0.3 is 0 Å². The average Bonchev–Trinajstić information content (AvgIpc) is 2.18. The van der Waals surface area contributed by atoms with E-state index in [1.165, 1.54) is 24.8 Å². The molecule has 14 heavy (non-hydrogen) atoms. The summed E-state index contributed by atoms with van der Waals surface area (Å²) in [6.45, 7) is 0. The predicted molar refractivity (Wildman–Crippen MR) is 56.3 cm³/mol. The summed E-state index contributed by atoms with van der Waals surface area (Å²) < 4.78 is 0. The third-order valence-corrected chi connectivity index (χ3v) is 3.08. The van der Waals surface area contributed by atoms with Crippen molar-refractivity contribution in [1.29, 1.82) is 0 Å². The van der Waals surface area contributed by atoms with Crippen LogP contribution in [0.5, 0.6) is 0 Å². The van der Waals surface area contributed by atoms with Gasteiger partial charge in [-0.2, -0.15) is 0 Å². The number of nitrogens with one attached hydrogen (secondary N) is 1. The maximum Gasteiger partial charge on any atom is 0.0477 e. The highest BCUT2D eigenvalue weighted by atomic mass is 15.2. The molecule has 1 unspecified atom stereocenters. The third kappa shape index (κ3) is 2.11. The second-order valence-electron chi connectivity index (χ2n) is 4.04. The van der Waals surface area contributed by atoms with Gasteiger partial charge in [-0.15, -0.1) is 0 Å². The molecule has 1 fully saturated rings. The van der Waals surface area contributed by atoms with Gasteiger partial charge in [0.1, 0.15) is 0 Å². The van der Waals surface area contributed by atoms with Gasteiger partial charge in [-0.3, -0.25) is 16.3 Å². The van der Waals surface area contributed by atoms with Gasteiger partial charge in [0.05, 0.1) is 0 Å². The van der Waals surface area contributed by atoms with Crippen molar-refractivity contribution in [1.82, 2.24) is 10.4 Å². The molecule has 0 saturated heterocycles. The van der Waals surface area contributed by atoms with Crippen LogP contribution in [0.1, 0.15) is 37.3 Å². The van der Waals surface area contributed by atoms with E-state index in [0.29, 0.717) is 0 Å². The molecule has 76 valence electrons. The molecule has 0 radical (unpaired) electrons. The summed E-state index contributed by atoms with van der Waals surface area (Å²) in [5.74, 6) is 6.41. The van der Waals surface area contributed by atoms with Gasteiger partial charge in [-0.05, 0) is 24.0 Å². The smallest absolute Gasteiger partial charge is 0.0477 e. The van der Waals surface area contributed by atoms with E-state index >= 15 is 0 Å². The Morgan fingerprint density at radius 3 is 2.93 bits per heavy atom. The van der Waals surface area contributed by atoms with E-state index in [1.807, 2.05) is 12.3 Å². The van der Waals surface area contributed by atoms with E-state index in [4.69, 9.17) is 5.84 Å². The van der Waals surface area contributed by atoms with Crippen molar-refractivity contribution in [2.75, 3.05) is 0 Å². The van der Waals surface area contributed by atoms with Crippen molar-refractivity contribution in [3.63, 3.8) is 0 Å². The van der Waals surface area contributed by atoms with Crippen LogP contribution in [-0.2, 0) is 0 Å². The van der Waals surface area contributed by atoms with Gasteiger partial charge in [0.15, 0.2) is 0 Å². The zero-order chi connectivity index (χ0) is 9.80. The number of hydrogen-bond acceptors (Lipinski definition) is 3. The maximum atomic E-state index is 5.55. The summed E-state index contributed by atoms with van der Waals surface area (Å²) in [6.07, 6.45) is 8.93. The Morgan fingerprint density at radius 1 is 1.57 bits per heavy atom. The van der Waals surface area contributed by atoms with Crippen molar-refractivity contribution in [2.24, 2.45) is 11.8 Å². The number of hydrazine groups is 1. The van der Waals surface area contributed by atoms with Crippen LogP contribution in [-0.4, -0.2) is 4.98 Å². The second-order valence-corrected chi connectivity index (χ2v) is 4.04. The first-order chi connectivity index (χ1) is 6.90. The molecule has 1 atom stereocenters. The summed E-state index contributed by atoms with van der Waals surface area (Å²) >= 11 is 0. The number of aromatic nitrogens is 1. The molecule has 1 aromatic rings. The van der Waals surface area contributed by atoms with E-state index in [1.54, 1.807) is 6.20 Å². The normalized spacial score (nSPS) is 18.9. The van der Waals surface area contributed by atoms with Crippen molar-refractivity contribution < 1.29 is 0 Å². The molecule has 0 amide bonds. The summed E-state index contributed by atoms with van der Waals surface area (Å²) in [4.78, 5) is 4.11. The van der Waals surface area contributed by atoms with Crippen LogP contribution in [0.3, 0.4) is 0 Å². The quantitative estimate of drug-likeness (QED) is 0.563. The Kier molecular flexibility index (Phi) is 3.11. The summed E-state index contributed by atoms with van der Waals surface area (Å²) in [5, 5.41) is 0. The molecule has 3 nitrogen and oxygen atoms in total. The van der Waals surface area contributed by atoms with Crippen molar-refractivity contribution in [2.45, 2.75) is 31.7 Å². The molecular formula is C11H17N3. The monoisotopic (exact) mass is 191 g/mol. The highest BCUT2D eigenvalue weighted by Gasteiger charge is 2.22. The molecule has 3 heteroatoms. The van der Waals surface area contributed by atoms with Crippen LogP contribution in [0.15, 0.2) is 24.5 Å². The highest BCUT2D eigenvalue weighted by Crippen LogP contribution is 2.34. The van der Waals surface area contributed by atoms with Gasteiger partial charge in [0.25, 0.3) is 0 Å². The minimum Gasteiger partial charge on any atom is -0.271 e. The molecule has 0 bridgehead atoms. The highest BCUT2D eigenvalue weighted by molar-refractivity contribution is 5.13. The Balaban J connectivity index is 1.98. The SMILES string of the molecule is NNC(CC1CCC1)c1cccnc1. The van der Waals surface area contributed by atoms with E-state index in [2.05, 4.69) is 16.5 Å². The number of hydrogen-bond donors (Lipinski definition) is 2. The van der Waals surface area contributed by atoms with Crippen LogP contribution >= 0.6 is 0 Å². The van der Waals surface area contributed by atoms with E-state index < -0.39 is 0 Å². The number of rotatable bonds is 4. The van der Waals surface area contributed by atoms with Crippen LogP contribution in [0.25, 0.3) is 0 Å². The van der Waals surface area contributed by atoms with Gasteiger partial charge in [0, 0.05) is 18.4 Å². The first kappa shape index (κ1) is 9.62. The number of nitrogens with two attached hydrogens (primary N) is 1. The molecule has 1 heterocycles. The molecular weight excluding hydrogens is 174 g/mol. The lowest BCUT2D eigenvalue weighted by Gasteiger charge is -2.29. The van der Waals surface area contributed by atoms with Crippen LogP contribution in [0.2, 0.25) is 0 Å². The minimum atomic E-state index is 0.272. The number of pyridine rings is 1. The lowest BCUT2D eigenvalue weighted by Crippen LogP contribution is -2.31. The largest absolute Gasteiger partial charge is 0.271 e. The van der Waals surface area contributed by atoms with Gasteiger partial charge in [-0.25, -0.2) is 0 Å². The molecule has 1 aliphatic rings. The molecule has 3 N–H and O–H groups in total. The van der Waals surface area contributed by atoms with Gasteiger partial charge >= 0.3 is 0 Å². The summed E-state index contributed by atoms with van der Waals surface area (Å²) in [6, 6.07) is 4.31. The molecule has 1 aliphatic carbocycles. The fourth-order valence-corrected chi connectivity index (χ4v) is 1.94. The van der Waals surface area contributed by atoms with Crippen LogP contribution in [0.4, 0.5) is 0 Å². The van der Waals surface area contributed by atoms with E-state index in [9.17, 15) is 0 Å². The standard InChI is InChI=1S/C11H17N3/c12-14-11(7-9-3-1-4-9)10-5-2-6-13-8-10/h2,5-6,8-9,11,14H,1,3-4,7,12H2. The molecule has 2 rings (SSSR count). The number of nitrogens with zero attached hydrogens (tertiary/aromatic N) is 1. The fraction of sp³-hybridized carbons (Fsp3) is 0.545. The first-order valence-electron chi connectivity index (χ1n) is 5.26. The lowest BCUT2D eigenvalue weighted by atomic mass is 9.80. The molecule has 0 aromatic carbocycles. The second kappa shape index (κ2) is 4.53. The van der Waals surface area contributed by atoms with Crippen molar-refractivity contribution in [3.05, 3.63) is 30.1 Å². The molecule has 1 saturated carbocycles. The van der Waals surface area contributed by atoms with Crippen LogP contribution < -0.4 is 11.3 Å². The van der Waals surface area contributed by atoms with Crippen LogP contribution in [0, 0.1) is 5.92 Å². The summed E-state index contributed by atoms with van der Waals surface area (Å²) in [7, 11) is 0. The van der Waals surface area contributed by atoms with Gasteiger partial charge in [0.2, 0.25) is 0 Å². The van der Waals surface area contributed by atoms with Crippen molar-refractivity contribution in [3.8, 4) is 0 Å². The Morgan fingerprint density at radius 2 is 2.43 bits per heavy atom. The third-order valence-electron chi connectivity index (χ3n) is 3.08. The van der Waals surface area contributed by atoms with Crippen molar-refractivity contribution >= 4 is 0 Å². The van der Waals surface area contributed by atoms with Gasteiger partial charge in [-0.1, -0.05) is 25.3 Å². The Hall–Kier alpha value is -0.930. The Bertz CT molecular complexity index is 269. The maximum absolute atomic E-state index is 5.55. The summed E-state index contributed by atoms with van der Waals surface area (Å²) in [5.41, 5.74) is 4.07. The molecule has 0 aliphatic heterocycles. The Labute approximate surface area is 84.7 Å². The zero-order valence-corrected chi connectivity index (χ0v) is 8.32. The van der Waals surface area contributed by atoms with E-state index in [-0.39, 0.29) is 6.04 Å². The molecule has 0 spiro atoms. The topological polar surface area (TPSA) is 50.9 Å². The first-order valence-corrected chi connectivity index (χ1v) is 5.26.